The van der Waals surface area contributed by atoms with Crippen molar-refractivity contribution < 1.29 is 18.4 Å². The van der Waals surface area contributed by atoms with E-state index >= 15 is 0 Å². The molecule has 0 aliphatic carbocycles. The minimum absolute atomic E-state index is 0.258. The largest absolute Gasteiger partial charge is 0.454 e. The van der Waals surface area contributed by atoms with E-state index in [9.17, 15) is 4.39 Å². The fourth-order valence-electron chi connectivity index (χ4n) is 2.93. The van der Waals surface area contributed by atoms with Crippen molar-refractivity contribution in [3.63, 3.8) is 0 Å². The van der Waals surface area contributed by atoms with E-state index < -0.39 is 0 Å². The topological polar surface area (TPSA) is 82.3 Å². The third-order valence-corrected chi connectivity index (χ3v) is 4.45. The molecule has 4 aromatic rings. The molecule has 2 aromatic carbocycles. The normalized spacial score (nSPS) is 12.2. The highest BCUT2D eigenvalue weighted by Crippen LogP contribution is 2.32. The van der Waals surface area contributed by atoms with Gasteiger partial charge in [-0.15, -0.1) is 0 Å². The number of halogens is 1. The standard InChI is InChI=1S/C21H15FN4O3/c22-16-5-2-14(3-6-16)20-25-21(29-26-20)15-4-8-19(24-11-15)23-10-13-1-7-17-18(9-13)28-12-27-17/h1-9,11H,10,12H2,(H,23,24). The number of nitrogens with one attached hydrogen (secondary N) is 1. The summed E-state index contributed by atoms with van der Waals surface area (Å²) in [6.07, 6.45) is 1.66. The molecule has 0 atom stereocenters. The molecule has 29 heavy (non-hydrogen) atoms. The van der Waals surface area contributed by atoms with Crippen molar-refractivity contribution in [1.82, 2.24) is 15.1 Å². The Morgan fingerprint density at radius 3 is 2.59 bits per heavy atom. The molecule has 1 aliphatic rings. The summed E-state index contributed by atoms with van der Waals surface area (Å²) in [6.45, 7) is 0.853. The predicted molar refractivity (Wildman–Crippen MR) is 103 cm³/mol. The van der Waals surface area contributed by atoms with Crippen LogP contribution in [0.2, 0.25) is 0 Å². The zero-order valence-electron chi connectivity index (χ0n) is 15.1. The van der Waals surface area contributed by atoms with Gasteiger partial charge in [-0.3, -0.25) is 0 Å². The molecule has 1 aliphatic heterocycles. The first-order chi connectivity index (χ1) is 14.2. The Balaban J connectivity index is 1.26. The SMILES string of the molecule is Fc1ccc(-c2noc(-c3ccc(NCc4ccc5c(c4)OCO5)nc3)n2)cc1. The zero-order valence-corrected chi connectivity index (χ0v) is 15.1. The second kappa shape index (κ2) is 7.23. The van der Waals surface area contributed by atoms with Crippen LogP contribution in [0.1, 0.15) is 5.56 Å². The van der Waals surface area contributed by atoms with Gasteiger partial charge in [-0.05, 0) is 54.1 Å². The maximum Gasteiger partial charge on any atom is 0.259 e. The Morgan fingerprint density at radius 2 is 1.76 bits per heavy atom. The Bertz CT molecular complexity index is 1140. The van der Waals surface area contributed by atoms with E-state index in [0.29, 0.717) is 35.2 Å². The first-order valence-corrected chi connectivity index (χ1v) is 8.93. The van der Waals surface area contributed by atoms with Crippen LogP contribution in [0.3, 0.4) is 0 Å². The molecule has 0 spiro atoms. The smallest absolute Gasteiger partial charge is 0.259 e. The quantitative estimate of drug-likeness (QED) is 0.545. The number of aromatic nitrogens is 3. The minimum atomic E-state index is -0.314. The van der Waals surface area contributed by atoms with Crippen LogP contribution in [-0.4, -0.2) is 21.9 Å². The molecule has 144 valence electrons. The van der Waals surface area contributed by atoms with E-state index in [-0.39, 0.29) is 12.6 Å². The molecule has 0 saturated carbocycles. The lowest BCUT2D eigenvalue weighted by Gasteiger charge is -2.06. The predicted octanol–water partition coefficient (Wildman–Crippen LogP) is 4.28. The Kier molecular flexibility index (Phi) is 4.28. The average molecular weight is 390 g/mol. The molecule has 8 heteroatoms. The van der Waals surface area contributed by atoms with Crippen LogP contribution in [0.4, 0.5) is 10.2 Å². The fraction of sp³-hybridized carbons (Fsp3) is 0.0952. The maximum atomic E-state index is 13.0. The lowest BCUT2D eigenvalue weighted by molar-refractivity contribution is 0.174. The van der Waals surface area contributed by atoms with Crippen LogP contribution in [0.15, 0.2) is 65.3 Å². The lowest BCUT2D eigenvalue weighted by Crippen LogP contribution is -2.01. The molecule has 3 heterocycles. The van der Waals surface area contributed by atoms with Crippen molar-refractivity contribution in [3.05, 3.63) is 72.2 Å². The van der Waals surface area contributed by atoms with Gasteiger partial charge < -0.3 is 19.3 Å². The van der Waals surface area contributed by atoms with Crippen molar-refractivity contribution in [2.24, 2.45) is 0 Å². The average Bonchev–Trinajstić information content (AvgIpc) is 3.42. The summed E-state index contributed by atoms with van der Waals surface area (Å²) in [6, 6.07) is 15.4. The molecular weight excluding hydrogens is 375 g/mol. The number of nitrogens with zero attached hydrogens (tertiary/aromatic N) is 3. The first kappa shape index (κ1) is 17.2. The molecule has 7 nitrogen and oxygen atoms in total. The van der Waals surface area contributed by atoms with Crippen molar-refractivity contribution in [3.8, 4) is 34.3 Å². The number of hydrogen-bond donors (Lipinski definition) is 1. The van der Waals surface area contributed by atoms with Crippen LogP contribution in [-0.2, 0) is 6.54 Å². The van der Waals surface area contributed by atoms with E-state index in [4.69, 9.17) is 14.0 Å². The highest BCUT2D eigenvalue weighted by Gasteiger charge is 2.14. The van der Waals surface area contributed by atoms with E-state index in [1.807, 2.05) is 30.3 Å². The van der Waals surface area contributed by atoms with Crippen molar-refractivity contribution in [2.45, 2.75) is 6.54 Å². The van der Waals surface area contributed by atoms with Gasteiger partial charge in [0.15, 0.2) is 11.5 Å². The first-order valence-electron chi connectivity index (χ1n) is 8.93. The molecule has 0 unspecified atom stereocenters. The van der Waals surface area contributed by atoms with Crippen molar-refractivity contribution in [1.29, 1.82) is 0 Å². The molecule has 0 radical (unpaired) electrons. The highest BCUT2D eigenvalue weighted by atomic mass is 19.1. The van der Waals surface area contributed by atoms with E-state index in [0.717, 1.165) is 17.1 Å². The number of hydrogen-bond acceptors (Lipinski definition) is 7. The van der Waals surface area contributed by atoms with Crippen LogP contribution < -0.4 is 14.8 Å². The molecule has 0 saturated heterocycles. The number of ether oxygens (including phenoxy) is 2. The Hall–Kier alpha value is -3.94. The lowest BCUT2D eigenvalue weighted by atomic mass is 10.2. The van der Waals surface area contributed by atoms with E-state index in [2.05, 4.69) is 20.4 Å². The van der Waals surface area contributed by atoms with Gasteiger partial charge in [0.05, 0.1) is 5.56 Å². The molecule has 0 amide bonds. The number of pyridine rings is 1. The summed E-state index contributed by atoms with van der Waals surface area (Å²) in [7, 11) is 0. The summed E-state index contributed by atoms with van der Waals surface area (Å²) in [5.74, 6) is 2.65. The van der Waals surface area contributed by atoms with Crippen LogP contribution in [0.5, 0.6) is 11.5 Å². The third-order valence-electron chi connectivity index (χ3n) is 4.45. The van der Waals surface area contributed by atoms with Crippen molar-refractivity contribution >= 4 is 5.82 Å². The van der Waals surface area contributed by atoms with Gasteiger partial charge in [0.25, 0.3) is 5.89 Å². The van der Waals surface area contributed by atoms with Gasteiger partial charge in [-0.1, -0.05) is 11.2 Å². The molecule has 0 bridgehead atoms. The van der Waals surface area contributed by atoms with E-state index in [1.165, 1.54) is 12.1 Å². The van der Waals surface area contributed by atoms with Gasteiger partial charge in [0.1, 0.15) is 11.6 Å². The molecular formula is C21H15FN4O3. The summed E-state index contributed by atoms with van der Waals surface area (Å²) >= 11 is 0. The maximum absolute atomic E-state index is 13.0. The zero-order chi connectivity index (χ0) is 19.6. The van der Waals surface area contributed by atoms with Gasteiger partial charge in [-0.25, -0.2) is 9.37 Å². The molecule has 0 fully saturated rings. The molecule has 1 N–H and O–H groups in total. The van der Waals surface area contributed by atoms with Gasteiger partial charge >= 0.3 is 0 Å². The number of fused-ring (bicyclic) bond motifs is 1. The van der Waals surface area contributed by atoms with Gasteiger partial charge in [-0.2, -0.15) is 4.98 Å². The van der Waals surface area contributed by atoms with Crippen molar-refractivity contribution in [2.75, 3.05) is 12.1 Å². The van der Waals surface area contributed by atoms with Crippen LogP contribution >= 0.6 is 0 Å². The monoisotopic (exact) mass is 390 g/mol. The molecule has 2 aromatic heterocycles. The number of rotatable bonds is 5. The van der Waals surface area contributed by atoms with Gasteiger partial charge in [0.2, 0.25) is 12.6 Å². The summed E-state index contributed by atoms with van der Waals surface area (Å²) < 4.78 is 29.1. The Morgan fingerprint density at radius 1 is 0.931 bits per heavy atom. The Labute approximate surface area is 165 Å². The van der Waals surface area contributed by atoms with E-state index in [1.54, 1.807) is 18.3 Å². The summed E-state index contributed by atoms with van der Waals surface area (Å²) in [5, 5.41) is 7.20. The highest BCUT2D eigenvalue weighted by molar-refractivity contribution is 5.60. The number of benzene rings is 2. The minimum Gasteiger partial charge on any atom is -0.454 e. The summed E-state index contributed by atoms with van der Waals surface area (Å²) in [4.78, 5) is 8.74. The fourth-order valence-corrected chi connectivity index (χ4v) is 2.93. The second-order valence-corrected chi connectivity index (χ2v) is 6.40. The number of anilines is 1. The summed E-state index contributed by atoms with van der Waals surface area (Å²) in [5.41, 5.74) is 2.43. The van der Waals surface area contributed by atoms with Crippen LogP contribution in [0.25, 0.3) is 22.8 Å². The van der Waals surface area contributed by atoms with Gasteiger partial charge in [0, 0.05) is 18.3 Å². The second-order valence-electron chi connectivity index (χ2n) is 6.40. The van der Waals surface area contributed by atoms with Crippen LogP contribution in [0, 0.1) is 5.82 Å². The molecule has 5 rings (SSSR count). The third kappa shape index (κ3) is 3.60.